The molecule has 1 aliphatic heterocycles. The van der Waals surface area contributed by atoms with Crippen LogP contribution in [0, 0.1) is 18.3 Å². The Balaban J connectivity index is 2.36. The first-order valence-electron chi connectivity index (χ1n) is 2.98. The van der Waals surface area contributed by atoms with Crippen LogP contribution in [-0.4, -0.2) is 23.9 Å². The monoisotopic (exact) mass is 123 g/mol. The number of β-lactam (4-membered cyclic amide) rings is 1. The molecule has 1 saturated heterocycles. The summed E-state index contributed by atoms with van der Waals surface area (Å²) in [6, 6.07) is 0. The van der Waals surface area contributed by atoms with E-state index in [1.807, 2.05) is 6.92 Å². The molecule has 0 aromatic heterocycles. The minimum absolute atomic E-state index is 0.188. The van der Waals surface area contributed by atoms with Crippen molar-refractivity contribution in [2.75, 3.05) is 13.1 Å². The normalized spacial score (nSPS) is 25.1. The summed E-state index contributed by atoms with van der Waals surface area (Å²) < 4.78 is 0. The lowest BCUT2D eigenvalue weighted by molar-refractivity contribution is -0.145. The van der Waals surface area contributed by atoms with Gasteiger partial charge >= 0.3 is 0 Å². The molecule has 0 bridgehead atoms. The number of carbonyl (C=O) groups is 1. The zero-order valence-electron chi connectivity index (χ0n) is 5.42. The van der Waals surface area contributed by atoms with Crippen LogP contribution in [0.15, 0.2) is 0 Å². The lowest BCUT2D eigenvalue weighted by Crippen LogP contribution is -2.50. The summed E-state index contributed by atoms with van der Waals surface area (Å²) in [6.07, 6.45) is 5.00. The molecule has 0 aliphatic carbocycles. The van der Waals surface area contributed by atoms with E-state index in [9.17, 15) is 4.79 Å². The van der Waals surface area contributed by atoms with Gasteiger partial charge in [-0.05, 0) is 0 Å². The van der Waals surface area contributed by atoms with E-state index in [-0.39, 0.29) is 11.8 Å². The molecule has 9 heavy (non-hydrogen) atoms. The second-order valence-corrected chi connectivity index (χ2v) is 2.32. The van der Waals surface area contributed by atoms with Crippen LogP contribution < -0.4 is 0 Å². The fourth-order valence-corrected chi connectivity index (χ4v) is 0.951. The first-order chi connectivity index (χ1) is 4.25. The molecule has 48 valence electrons. The van der Waals surface area contributed by atoms with Crippen LogP contribution in [0.4, 0.5) is 0 Å². The molecule has 1 unspecified atom stereocenters. The largest absolute Gasteiger partial charge is 0.330 e. The summed E-state index contributed by atoms with van der Waals surface area (Å²) in [5, 5.41) is 0. The highest BCUT2D eigenvalue weighted by molar-refractivity contribution is 5.84. The number of rotatable bonds is 1. The number of terminal acetylenes is 1. The van der Waals surface area contributed by atoms with E-state index in [0.717, 1.165) is 6.54 Å². The zero-order valence-corrected chi connectivity index (χ0v) is 5.42. The van der Waals surface area contributed by atoms with E-state index in [0.29, 0.717) is 6.54 Å². The van der Waals surface area contributed by atoms with Crippen molar-refractivity contribution in [2.24, 2.45) is 5.92 Å². The summed E-state index contributed by atoms with van der Waals surface area (Å²) in [5.41, 5.74) is 0. The maximum Gasteiger partial charge on any atom is 0.227 e. The van der Waals surface area contributed by atoms with E-state index in [2.05, 4.69) is 5.92 Å². The molecule has 1 aliphatic rings. The van der Waals surface area contributed by atoms with Crippen LogP contribution in [-0.2, 0) is 4.79 Å². The molecule has 1 atom stereocenters. The van der Waals surface area contributed by atoms with Crippen LogP contribution in [0.2, 0.25) is 0 Å². The van der Waals surface area contributed by atoms with Gasteiger partial charge in [-0.25, -0.2) is 0 Å². The Morgan fingerprint density at radius 3 is 3.00 bits per heavy atom. The van der Waals surface area contributed by atoms with Gasteiger partial charge in [0.05, 0.1) is 12.5 Å². The SMILES string of the molecule is C#CCN1CC(C)C1=O. The van der Waals surface area contributed by atoms with Crippen molar-refractivity contribution in [2.45, 2.75) is 6.92 Å². The zero-order chi connectivity index (χ0) is 6.85. The van der Waals surface area contributed by atoms with Gasteiger partial charge < -0.3 is 4.90 Å². The van der Waals surface area contributed by atoms with Crippen molar-refractivity contribution in [1.82, 2.24) is 4.90 Å². The lowest BCUT2D eigenvalue weighted by Gasteiger charge is -2.34. The lowest BCUT2D eigenvalue weighted by atomic mass is 10.0. The highest BCUT2D eigenvalue weighted by atomic mass is 16.2. The summed E-state index contributed by atoms with van der Waals surface area (Å²) in [5.74, 6) is 2.82. The average molecular weight is 123 g/mol. The number of likely N-dealkylation sites (tertiary alicyclic amines) is 1. The summed E-state index contributed by atoms with van der Waals surface area (Å²) in [6.45, 7) is 3.22. The van der Waals surface area contributed by atoms with Crippen LogP contribution >= 0.6 is 0 Å². The van der Waals surface area contributed by atoms with Crippen LogP contribution in [0.25, 0.3) is 0 Å². The van der Waals surface area contributed by atoms with Crippen molar-refractivity contribution >= 4 is 5.91 Å². The maximum atomic E-state index is 10.8. The minimum Gasteiger partial charge on any atom is -0.330 e. The number of carbonyl (C=O) groups excluding carboxylic acids is 1. The third-order valence-corrected chi connectivity index (χ3v) is 1.51. The molecule has 0 aromatic carbocycles. The maximum absolute atomic E-state index is 10.8. The molecule has 1 heterocycles. The van der Waals surface area contributed by atoms with E-state index in [1.54, 1.807) is 4.90 Å². The molecule has 1 rings (SSSR count). The molecular weight excluding hydrogens is 114 g/mol. The minimum atomic E-state index is 0.188. The Bertz CT molecular complexity index is 168. The molecule has 1 fully saturated rings. The standard InChI is InChI=1S/C7H9NO/c1-3-4-8-5-6(2)7(8)9/h1,6H,4-5H2,2H3. The molecular formula is C7H9NO. The van der Waals surface area contributed by atoms with Crippen LogP contribution in [0.1, 0.15) is 6.92 Å². The predicted molar refractivity (Wildman–Crippen MR) is 34.6 cm³/mol. The van der Waals surface area contributed by atoms with Gasteiger partial charge in [0.15, 0.2) is 0 Å². The van der Waals surface area contributed by atoms with Gasteiger partial charge in [0.25, 0.3) is 0 Å². The van der Waals surface area contributed by atoms with Crippen molar-refractivity contribution in [3.63, 3.8) is 0 Å². The predicted octanol–water partition coefficient (Wildman–Crippen LogP) is 0.0979. The van der Waals surface area contributed by atoms with E-state index in [1.165, 1.54) is 0 Å². The molecule has 1 amide bonds. The second-order valence-electron chi connectivity index (χ2n) is 2.32. The van der Waals surface area contributed by atoms with E-state index < -0.39 is 0 Å². The Labute approximate surface area is 54.8 Å². The molecule has 0 radical (unpaired) electrons. The van der Waals surface area contributed by atoms with Gasteiger partial charge in [-0.3, -0.25) is 4.79 Å². The van der Waals surface area contributed by atoms with E-state index >= 15 is 0 Å². The molecule has 0 N–H and O–H groups in total. The van der Waals surface area contributed by atoms with Crippen molar-refractivity contribution < 1.29 is 4.79 Å². The van der Waals surface area contributed by atoms with E-state index in [4.69, 9.17) is 6.42 Å². The summed E-state index contributed by atoms with van der Waals surface area (Å²) >= 11 is 0. The molecule has 2 nitrogen and oxygen atoms in total. The quantitative estimate of drug-likeness (QED) is 0.357. The smallest absolute Gasteiger partial charge is 0.227 e. The molecule has 2 heteroatoms. The van der Waals surface area contributed by atoms with Crippen LogP contribution in [0.5, 0.6) is 0 Å². The third kappa shape index (κ3) is 0.904. The van der Waals surface area contributed by atoms with Crippen LogP contribution in [0.3, 0.4) is 0 Å². The van der Waals surface area contributed by atoms with Crippen molar-refractivity contribution in [1.29, 1.82) is 0 Å². The topological polar surface area (TPSA) is 20.3 Å². The Morgan fingerprint density at radius 1 is 2.00 bits per heavy atom. The first-order valence-corrected chi connectivity index (χ1v) is 2.98. The average Bonchev–Trinajstić information content (AvgIpc) is 1.88. The number of nitrogens with zero attached hydrogens (tertiary/aromatic N) is 1. The molecule has 0 aromatic rings. The highest BCUT2D eigenvalue weighted by Crippen LogP contribution is 2.14. The Hall–Kier alpha value is -0.970. The molecule has 0 spiro atoms. The van der Waals surface area contributed by atoms with Gasteiger partial charge in [-0.2, -0.15) is 0 Å². The first kappa shape index (κ1) is 6.15. The Morgan fingerprint density at radius 2 is 2.67 bits per heavy atom. The highest BCUT2D eigenvalue weighted by Gasteiger charge is 2.31. The second kappa shape index (κ2) is 2.10. The number of amides is 1. The van der Waals surface area contributed by atoms with Gasteiger partial charge in [-0.1, -0.05) is 12.8 Å². The van der Waals surface area contributed by atoms with Gasteiger partial charge in [0.1, 0.15) is 0 Å². The summed E-state index contributed by atoms with van der Waals surface area (Å²) in [7, 11) is 0. The van der Waals surface area contributed by atoms with Gasteiger partial charge in [-0.15, -0.1) is 6.42 Å². The summed E-state index contributed by atoms with van der Waals surface area (Å²) in [4.78, 5) is 12.5. The Kier molecular flexibility index (Phi) is 1.44. The fraction of sp³-hybridized carbons (Fsp3) is 0.571. The number of hydrogen-bond acceptors (Lipinski definition) is 1. The molecule has 0 saturated carbocycles. The van der Waals surface area contributed by atoms with Gasteiger partial charge in [0, 0.05) is 6.54 Å². The number of hydrogen-bond donors (Lipinski definition) is 0. The van der Waals surface area contributed by atoms with Crippen molar-refractivity contribution in [3.8, 4) is 12.3 Å². The fourth-order valence-electron chi connectivity index (χ4n) is 0.951. The van der Waals surface area contributed by atoms with Crippen molar-refractivity contribution in [3.05, 3.63) is 0 Å². The van der Waals surface area contributed by atoms with Gasteiger partial charge in [0.2, 0.25) is 5.91 Å². The third-order valence-electron chi connectivity index (χ3n) is 1.51.